The molecule has 0 bridgehead atoms. The lowest BCUT2D eigenvalue weighted by atomic mass is 10.5. The quantitative estimate of drug-likeness (QED) is 0.427. The molecular weight excluding hydrogens is 130 g/mol. The first-order chi connectivity index (χ1) is 4.31. The van der Waals surface area contributed by atoms with Crippen molar-refractivity contribution >= 4 is 16.8 Å². The summed E-state index contributed by atoms with van der Waals surface area (Å²) >= 11 is 1.67. The SMILES string of the molecule is CC/C=C/SC(C)=NC. The predicted octanol–water partition coefficient (Wildman–Crippen LogP) is 2.69. The van der Waals surface area contributed by atoms with Crippen LogP contribution in [0.1, 0.15) is 20.3 Å². The van der Waals surface area contributed by atoms with Gasteiger partial charge in [0.15, 0.2) is 0 Å². The summed E-state index contributed by atoms with van der Waals surface area (Å²) in [6.45, 7) is 4.13. The fourth-order valence-corrected chi connectivity index (χ4v) is 0.887. The van der Waals surface area contributed by atoms with Gasteiger partial charge in [0.1, 0.15) is 0 Å². The molecular formula is C7H13NS. The molecule has 0 aromatic heterocycles. The molecule has 0 aromatic rings. The van der Waals surface area contributed by atoms with Gasteiger partial charge in [-0.05, 0) is 18.8 Å². The van der Waals surface area contributed by atoms with E-state index in [0.29, 0.717) is 0 Å². The van der Waals surface area contributed by atoms with Gasteiger partial charge in [0, 0.05) is 7.05 Å². The van der Waals surface area contributed by atoms with Gasteiger partial charge in [-0.25, -0.2) is 0 Å². The molecule has 0 radical (unpaired) electrons. The smallest absolute Gasteiger partial charge is 0.0683 e. The second-order valence-corrected chi connectivity index (χ2v) is 2.74. The van der Waals surface area contributed by atoms with E-state index in [-0.39, 0.29) is 0 Å². The van der Waals surface area contributed by atoms with Crippen LogP contribution in [0.15, 0.2) is 16.5 Å². The van der Waals surface area contributed by atoms with Gasteiger partial charge >= 0.3 is 0 Å². The van der Waals surface area contributed by atoms with Crippen molar-refractivity contribution in [3.8, 4) is 0 Å². The molecule has 52 valence electrons. The molecule has 0 atom stereocenters. The zero-order valence-corrected chi connectivity index (χ0v) is 7.03. The Kier molecular flexibility index (Phi) is 5.73. The van der Waals surface area contributed by atoms with Crippen LogP contribution in [0.2, 0.25) is 0 Å². The average molecular weight is 143 g/mol. The highest BCUT2D eigenvalue weighted by atomic mass is 32.2. The van der Waals surface area contributed by atoms with E-state index in [2.05, 4.69) is 23.4 Å². The van der Waals surface area contributed by atoms with E-state index in [1.807, 2.05) is 14.0 Å². The Morgan fingerprint density at radius 1 is 1.67 bits per heavy atom. The van der Waals surface area contributed by atoms with Gasteiger partial charge in [-0.15, -0.1) is 0 Å². The summed E-state index contributed by atoms with van der Waals surface area (Å²) in [5.41, 5.74) is 0. The van der Waals surface area contributed by atoms with Crippen molar-refractivity contribution < 1.29 is 0 Å². The normalized spacial score (nSPS) is 13.0. The van der Waals surface area contributed by atoms with Crippen LogP contribution in [-0.4, -0.2) is 12.1 Å². The Morgan fingerprint density at radius 3 is 2.78 bits per heavy atom. The van der Waals surface area contributed by atoms with Gasteiger partial charge in [0.05, 0.1) is 5.04 Å². The zero-order valence-electron chi connectivity index (χ0n) is 6.22. The molecule has 0 saturated heterocycles. The molecule has 0 amide bonds. The molecule has 1 nitrogen and oxygen atoms in total. The zero-order chi connectivity index (χ0) is 7.11. The second-order valence-electron chi connectivity index (χ2n) is 1.64. The average Bonchev–Trinajstić information content (AvgIpc) is 1.89. The lowest BCUT2D eigenvalue weighted by Gasteiger charge is -1.88. The van der Waals surface area contributed by atoms with E-state index in [9.17, 15) is 0 Å². The highest BCUT2D eigenvalue weighted by Crippen LogP contribution is 2.04. The topological polar surface area (TPSA) is 12.4 Å². The fourth-order valence-electron chi connectivity index (χ4n) is 0.296. The first-order valence-corrected chi connectivity index (χ1v) is 3.94. The highest BCUT2D eigenvalue weighted by Gasteiger charge is 1.81. The number of allylic oxidation sites excluding steroid dienone is 1. The molecule has 0 unspecified atom stereocenters. The van der Waals surface area contributed by atoms with Crippen molar-refractivity contribution in [2.75, 3.05) is 7.05 Å². The molecule has 0 rings (SSSR count). The molecule has 0 aliphatic rings. The van der Waals surface area contributed by atoms with Crippen molar-refractivity contribution in [2.24, 2.45) is 4.99 Å². The number of aliphatic imine (C=N–C) groups is 1. The van der Waals surface area contributed by atoms with Crippen LogP contribution in [0.25, 0.3) is 0 Å². The van der Waals surface area contributed by atoms with E-state index in [0.717, 1.165) is 11.5 Å². The van der Waals surface area contributed by atoms with Crippen molar-refractivity contribution in [1.29, 1.82) is 0 Å². The van der Waals surface area contributed by atoms with Gasteiger partial charge in [-0.1, -0.05) is 24.8 Å². The molecule has 0 aliphatic heterocycles. The molecule has 0 aliphatic carbocycles. The van der Waals surface area contributed by atoms with E-state index < -0.39 is 0 Å². The minimum absolute atomic E-state index is 1.10. The first kappa shape index (κ1) is 8.76. The number of hydrogen-bond acceptors (Lipinski definition) is 2. The summed E-state index contributed by atoms with van der Waals surface area (Å²) in [5.74, 6) is 0. The van der Waals surface area contributed by atoms with Crippen LogP contribution < -0.4 is 0 Å². The van der Waals surface area contributed by atoms with Crippen LogP contribution in [0.4, 0.5) is 0 Å². The van der Waals surface area contributed by atoms with E-state index in [1.54, 1.807) is 11.8 Å². The molecule has 0 fully saturated rings. The van der Waals surface area contributed by atoms with Gasteiger partial charge in [-0.3, -0.25) is 4.99 Å². The first-order valence-electron chi connectivity index (χ1n) is 3.06. The third-order valence-electron chi connectivity index (χ3n) is 0.885. The van der Waals surface area contributed by atoms with Gasteiger partial charge in [-0.2, -0.15) is 0 Å². The Labute approximate surface area is 61.3 Å². The predicted molar refractivity (Wildman–Crippen MR) is 46.1 cm³/mol. The Morgan fingerprint density at radius 2 is 2.33 bits per heavy atom. The molecule has 0 aromatic carbocycles. The Hall–Kier alpha value is -0.240. The van der Waals surface area contributed by atoms with E-state index in [4.69, 9.17) is 0 Å². The molecule has 0 N–H and O–H groups in total. The summed E-state index contributed by atoms with van der Waals surface area (Å²) in [5, 5.41) is 3.18. The van der Waals surface area contributed by atoms with Crippen molar-refractivity contribution in [1.82, 2.24) is 0 Å². The van der Waals surface area contributed by atoms with Crippen LogP contribution in [0.3, 0.4) is 0 Å². The maximum Gasteiger partial charge on any atom is 0.0683 e. The van der Waals surface area contributed by atoms with Crippen LogP contribution in [-0.2, 0) is 0 Å². The van der Waals surface area contributed by atoms with Crippen LogP contribution in [0, 0.1) is 0 Å². The number of rotatable bonds is 2. The summed E-state index contributed by atoms with van der Waals surface area (Å²) in [7, 11) is 1.81. The van der Waals surface area contributed by atoms with Gasteiger partial charge < -0.3 is 0 Å². The maximum absolute atomic E-state index is 3.99. The van der Waals surface area contributed by atoms with Crippen molar-refractivity contribution in [3.05, 3.63) is 11.5 Å². The van der Waals surface area contributed by atoms with Gasteiger partial charge in [0.2, 0.25) is 0 Å². The highest BCUT2D eigenvalue weighted by molar-refractivity contribution is 8.16. The van der Waals surface area contributed by atoms with Crippen LogP contribution in [0.5, 0.6) is 0 Å². The molecule has 0 saturated carbocycles. The summed E-state index contributed by atoms with van der Waals surface area (Å²) < 4.78 is 0. The third kappa shape index (κ3) is 5.63. The summed E-state index contributed by atoms with van der Waals surface area (Å²) in [6, 6.07) is 0. The van der Waals surface area contributed by atoms with Crippen LogP contribution >= 0.6 is 11.8 Å². The van der Waals surface area contributed by atoms with Crippen molar-refractivity contribution in [2.45, 2.75) is 20.3 Å². The fraction of sp³-hybridized carbons (Fsp3) is 0.571. The van der Waals surface area contributed by atoms with Gasteiger partial charge in [0.25, 0.3) is 0 Å². The minimum Gasteiger partial charge on any atom is -0.286 e. The molecule has 9 heavy (non-hydrogen) atoms. The standard InChI is InChI=1S/C7H13NS/c1-4-5-6-9-7(2)8-3/h5-6H,4H2,1-3H3/b6-5+,8-7?. The summed E-state index contributed by atoms with van der Waals surface area (Å²) in [6.07, 6.45) is 3.23. The van der Waals surface area contributed by atoms with Crippen molar-refractivity contribution in [3.63, 3.8) is 0 Å². The largest absolute Gasteiger partial charge is 0.286 e. The Bertz CT molecular complexity index is 116. The lowest BCUT2D eigenvalue weighted by molar-refractivity contribution is 1.23. The number of thioether (sulfide) groups is 1. The van der Waals surface area contributed by atoms with E-state index in [1.165, 1.54) is 0 Å². The maximum atomic E-state index is 3.99. The number of hydrogen-bond donors (Lipinski definition) is 0. The minimum atomic E-state index is 1.10. The van der Waals surface area contributed by atoms with E-state index >= 15 is 0 Å². The monoisotopic (exact) mass is 143 g/mol. The molecule has 2 heteroatoms. The third-order valence-corrected chi connectivity index (χ3v) is 1.74. The number of nitrogens with zero attached hydrogens (tertiary/aromatic N) is 1. The lowest BCUT2D eigenvalue weighted by Crippen LogP contribution is -1.76. The molecule has 0 spiro atoms. The second kappa shape index (κ2) is 5.89. The summed E-state index contributed by atoms with van der Waals surface area (Å²) in [4.78, 5) is 3.99. The molecule has 0 heterocycles. The Balaban J connectivity index is 3.38.